The van der Waals surface area contributed by atoms with Gasteiger partial charge in [0.25, 0.3) is 0 Å². The van der Waals surface area contributed by atoms with E-state index in [4.69, 9.17) is 9.84 Å². The number of aliphatic carboxylic acids is 1. The van der Waals surface area contributed by atoms with Crippen molar-refractivity contribution in [1.82, 2.24) is 4.90 Å². The van der Waals surface area contributed by atoms with Gasteiger partial charge in [-0.2, -0.15) is 0 Å². The van der Waals surface area contributed by atoms with Gasteiger partial charge in [0, 0.05) is 13.1 Å². The van der Waals surface area contributed by atoms with Crippen LogP contribution >= 0.6 is 0 Å². The fraction of sp³-hybridized carbons (Fsp3) is 0.917. The molecule has 0 unspecified atom stereocenters. The maximum atomic E-state index is 10.7. The number of ether oxygens (including phenoxy) is 1. The lowest BCUT2D eigenvalue weighted by Crippen LogP contribution is -2.36. The van der Waals surface area contributed by atoms with E-state index in [1.165, 1.54) is 12.8 Å². The van der Waals surface area contributed by atoms with Crippen LogP contribution in [0, 0.1) is 5.92 Å². The number of carboxylic acids is 1. The zero-order chi connectivity index (χ0) is 12.2. The summed E-state index contributed by atoms with van der Waals surface area (Å²) in [5.41, 5.74) is -0.144. The summed E-state index contributed by atoms with van der Waals surface area (Å²) < 4.78 is 5.61. The van der Waals surface area contributed by atoms with E-state index in [-0.39, 0.29) is 12.1 Å². The molecule has 0 bridgehead atoms. The molecule has 0 aromatic rings. The van der Waals surface area contributed by atoms with Gasteiger partial charge in [-0.1, -0.05) is 0 Å². The molecular formula is C12H23NO3. The molecule has 1 saturated carbocycles. The van der Waals surface area contributed by atoms with E-state index < -0.39 is 5.97 Å². The van der Waals surface area contributed by atoms with Gasteiger partial charge < -0.3 is 9.84 Å². The van der Waals surface area contributed by atoms with Crippen LogP contribution < -0.4 is 0 Å². The molecule has 4 nitrogen and oxygen atoms in total. The van der Waals surface area contributed by atoms with Crippen LogP contribution in [0.2, 0.25) is 0 Å². The molecule has 0 saturated heterocycles. The average Bonchev–Trinajstić information content (AvgIpc) is 2.84. The molecule has 0 heterocycles. The summed E-state index contributed by atoms with van der Waals surface area (Å²) in [6.07, 6.45) is 2.49. The van der Waals surface area contributed by atoms with E-state index in [0.717, 1.165) is 6.54 Å². The number of carbonyl (C=O) groups is 1. The largest absolute Gasteiger partial charge is 0.480 e. The van der Waals surface area contributed by atoms with Crippen LogP contribution in [0.4, 0.5) is 0 Å². The number of hydrogen-bond donors (Lipinski definition) is 1. The van der Waals surface area contributed by atoms with Crippen molar-refractivity contribution in [1.29, 1.82) is 0 Å². The minimum absolute atomic E-state index is 0.129. The minimum Gasteiger partial charge on any atom is -0.480 e. The molecule has 0 aliphatic heterocycles. The molecule has 1 N–H and O–H groups in total. The predicted octanol–water partition coefficient (Wildman–Crippen LogP) is 1.60. The van der Waals surface area contributed by atoms with Crippen molar-refractivity contribution in [2.24, 2.45) is 5.92 Å². The summed E-state index contributed by atoms with van der Waals surface area (Å²) in [5, 5.41) is 8.79. The Balaban J connectivity index is 2.22. The van der Waals surface area contributed by atoms with E-state index in [9.17, 15) is 4.79 Å². The van der Waals surface area contributed by atoms with Crippen LogP contribution in [0.1, 0.15) is 33.6 Å². The first-order valence-electron chi connectivity index (χ1n) is 5.95. The van der Waals surface area contributed by atoms with Crippen molar-refractivity contribution in [3.63, 3.8) is 0 Å². The van der Waals surface area contributed by atoms with Crippen LogP contribution in [-0.4, -0.2) is 47.8 Å². The summed E-state index contributed by atoms with van der Waals surface area (Å²) in [7, 11) is 0. The van der Waals surface area contributed by atoms with Gasteiger partial charge in [0.1, 0.15) is 0 Å². The van der Waals surface area contributed by atoms with Crippen molar-refractivity contribution in [2.45, 2.75) is 39.2 Å². The highest BCUT2D eigenvalue weighted by molar-refractivity contribution is 5.69. The van der Waals surface area contributed by atoms with E-state index in [0.29, 0.717) is 19.1 Å². The SMILES string of the molecule is CC(C)(C)OCCN(CC(=O)O)CC1CC1. The molecule has 0 atom stereocenters. The van der Waals surface area contributed by atoms with Crippen LogP contribution in [0.25, 0.3) is 0 Å². The maximum Gasteiger partial charge on any atom is 0.317 e. The standard InChI is InChI=1S/C12H23NO3/c1-12(2,3)16-7-6-13(9-11(14)15)8-10-4-5-10/h10H,4-9H2,1-3H3,(H,14,15). The number of nitrogens with zero attached hydrogens (tertiary/aromatic N) is 1. The van der Waals surface area contributed by atoms with Crippen molar-refractivity contribution in [2.75, 3.05) is 26.2 Å². The predicted molar refractivity (Wildman–Crippen MR) is 62.5 cm³/mol. The van der Waals surface area contributed by atoms with Crippen molar-refractivity contribution >= 4 is 5.97 Å². The second kappa shape index (κ2) is 5.64. The third-order valence-electron chi connectivity index (χ3n) is 2.51. The molecule has 1 aliphatic rings. The zero-order valence-electron chi connectivity index (χ0n) is 10.5. The quantitative estimate of drug-likeness (QED) is 0.720. The molecule has 0 aromatic heterocycles. The minimum atomic E-state index is -0.753. The van der Waals surface area contributed by atoms with Crippen molar-refractivity contribution < 1.29 is 14.6 Å². The fourth-order valence-electron chi connectivity index (χ4n) is 1.57. The highest BCUT2D eigenvalue weighted by atomic mass is 16.5. The molecule has 16 heavy (non-hydrogen) atoms. The molecule has 0 amide bonds. The third kappa shape index (κ3) is 6.80. The Morgan fingerprint density at radius 2 is 2.06 bits per heavy atom. The normalized spacial score (nSPS) is 16.8. The molecule has 0 spiro atoms. The van der Waals surface area contributed by atoms with Crippen molar-refractivity contribution in [3.05, 3.63) is 0 Å². The van der Waals surface area contributed by atoms with Gasteiger partial charge in [-0.05, 0) is 39.5 Å². The molecule has 0 aromatic carbocycles. The second-order valence-electron chi connectivity index (χ2n) is 5.53. The summed E-state index contributed by atoms with van der Waals surface area (Å²) >= 11 is 0. The second-order valence-corrected chi connectivity index (χ2v) is 5.53. The summed E-state index contributed by atoms with van der Waals surface area (Å²) in [6.45, 7) is 8.37. The van der Waals surface area contributed by atoms with Gasteiger partial charge in [-0.25, -0.2) is 0 Å². The zero-order valence-corrected chi connectivity index (χ0v) is 10.5. The topological polar surface area (TPSA) is 49.8 Å². The van der Waals surface area contributed by atoms with E-state index in [1.54, 1.807) is 0 Å². The van der Waals surface area contributed by atoms with Crippen LogP contribution in [-0.2, 0) is 9.53 Å². The molecule has 1 rings (SSSR count). The maximum absolute atomic E-state index is 10.7. The van der Waals surface area contributed by atoms with Crippen molar-refractivity contribution in [3.8, 4) is 0 Å². The molecule has 0 radical (unpaired) electrons. The molecule has 1 aliphatic carbocycles. The highest BCUT2D eigenvalue weighted by Crippen LogP contribution is 2.29. The lowest BCUT2D eigenvalue weighted by Gasteiger charge is -2.24. The molecular weight excluding hydrogens is 206 g/mol. The summed E-state index contributed by atoms with van der Waals surface area (Å²) in [6, 6.07) is 0. The summed E-state index contributed by atoms with van der Waals surface area (Å²) in [4.78, 5) is 12.7. The Hall–Kier alpha value is -0.610. The lowest BCUT2D eigenvalue weighted by atomic mass is 10.2. The smallest absolute Gasteiger partial charge is 0.317 e. The Morgan fingerprint density at radius 3 is 2.50 bits per heavy atom. The Labute approximate surface area is 97.6 Å². The third-order valence-corrected chi connectivity index (χ3v) is 2.51. The van der Waals surface area contributed by atoms with E-state index in [1.807, 2.05) is 25.7 Å². The first-order chi connectivity index (χ1) is 7.37. The molecule has 1 fully saturated rings. The Morgan fingerprint density at radius 1 is 1.44 bits per heavy atom. The summed E-state index contributed by atoms with van der Waals surface area (Å²) in [5.74, 6) is -0.0367. The lowest BCUT2D eigenvalue weighted by molar-refractivity contribution is -0.138. The molecule has 94 valence electrons. The monoisotopic (exact) mass is 229 g/mol. The van der Waals surface area contributed by atoms with Gasteiger partial charge in [0.05, 0.1) is 18.8 Å². The van der Waals surface area contributed by atoms with Gasteiger partial charge in [-0.3, -0.25) is 9.69 Å². The van der Waals surface area contributed by atoms with Gasteiger partial charge in [0.2, 0.25) is 0 Å². The van der Waals surface area contributed by atoms with Crippen LogP contribution in [0.3, 0.4) is 0 Å². The first-order valence-corrected chi connectivity index (χ1v) is 5.95. The van der Waals surface area contributed by atoms with Gasteiger partial charge in [0.15, 0.2) is 0 Å². The van der Waals surface area contributed by atoms with E-state index in [2.05, 4.69) is 0 Å². The highest BCUT2D eigenvalue weighted by Gasteiger charge is 2.25. The Bertz CT molecular complexity index is 231. The molecule has 4 heteroatoms. The number of rotatable bonds is 7. The van der Waals surface area contributed by atoms with Gasteiger partial charge in [-0.15, -0.1) is 0 Å². The fourth-order valence-corrected chi connectivity index (χ4v) is 1.57. The average molecular weight is 229 g/mol. The van der Waals surface area contributed by atoms with Crippen LogP contribution in [0.15, 0.2) is 0 Å². The number of hydrogen-bond acceptors (Lipinski definition) is 3. The first kappa shape index (κ1) is 13.5. The van der Waals surface area contributed by atoms with Crippen LogP contribution in [0.5, 0.6) is 0 Å². The van der Waals surface area contributed by atoms with E-state index >= 15 is 0 Å². The van der Waals surface area contributed by atoms with Gasteiger partial charge >= 0.3 is 5.97 Å². The number of carboxylic acid groups (broad SMARTS) is 1. The Kier molecular flexibility index (Phi) is 4.74.